The third-order valence-electron chi connectivity index (χ3n) is 6.12. The van der Waals surface area contributed by atoms with E-state index < -0.39 is 0 Å². The van der Waals surface area contributed by atoms with Crippen molar-refractivity contribution in [2.75, 3.05) is 25.1 Å². The Labute approximate surface area is 209 Å². The first kappa shape index (κ1) is 24.0. The lowest BCUT2D eigenvalue weighted by molar-refractivity contribution is 0.0740. The average Bonchev–Trinajstić information content (AvgIpc) is 2.91. The summed E-state index contributed by atoms with van der Waals surface area (Å²) in [7, 11) is 1.60. The lowest BCUT2D eigenvalue weighted by Gasteiger charge is -2.28. The average molecular weight is 521 g/mol. The Kier molecular flexibility index (Phi) is 8.01. The molecule has 4 rings (SSSR count). The van der Waals surface area contributed by atoms with Gasteiger partial charge in [-0.3, -0.25) is 9.59 Å². The number of amides is 2. The molecule has 0 saturated carbocycles. The van der Waals surface area contributed by atoms with Gasteiger partial charge < -0.3 is 14.5 Å². The van der Waals surface area contributed by atoms with E-state index in [2.05, 4.69) is 15.9 Å². The molecule has 0 fully saturated rings. The lowest BCUT2D eigenvalue weighted by atomic mass is 10.1. The van der Waals surface area contributed by atoms with Crippen LogP contribution in [0.2, 0.25) is 0 Å². The molecule has 0 saturated heterocycles. The summed E-state index contributed by atoms with van der Waals surface area (Å²) in [5, 5.41) is 0. The smallest absolute Gasteiger partial charge is 0.258 e. The van der Waals surface area contributed by atoms with Gasteiger partial charge >= 0.3 is 0 Å². The number of methoxy groups -OCH3 is 1. The van der Waals surface area contributed by atoms with E-state index in [0.29, 0.717) is 36.5 Å². The molecule has 0 aliphatic carbocycles. The van der Waals surface area contributed by atoms with Gasteiger partial charge in [-0.1, -0.05) is 59.1 Å². The Morgan fingerprint density at radius 2 is 1.50 bits per heavy atom. The molecular formula is C28H29BrN2O3. The highest BCUT2D eigenvalue weighted by Gasteiger charge is 2.24. The summed E-state index contributed by atoms with van der Waals surface area (Å²) in [5.74, 6) is 0.597. The SMILES string of the molecule is COc1cccc(C(=O)N2CCCCCCN(C(=O)c3cccc(Br)c3)Cc3ccccc32)c1. The summed E-state index contributed by atoms with van der Waals surface area (Å²) in [5.41, 5.74) is 3.06. The number of ether oxygens (including phenoxy) is 1. The van der Waals surface area contributed by atoms with Crippen LogP contribution >= 0.6 is 15.9 Å². The van der Waals surface area contributed by atoms with Gasteiger partial charge in [0.1, 0.15) is 5.75 Å². The first-order chi connectivity index (χ1) is 16.6. The number of halogens is 1. The van der Waals surface area contributed by atoms with E-state index in [4.69, 9.17) is 4.74 Å². The number of rotatable bonds is 3. The third-order valence-corrected chi connectivity index (χ3v) is 6.62. The van der Waals surface area contributed by atoms with Gasteiger partial charge in [0, 0.05) is 40.9 Å². The van der Waals surface area contributed by atoms with Crippen molar-refractivity contribution in [3.05, 3.63) is 94.0 Å². The molecule has 2 amide bonds. The molecule has 1 heterocycles. The van der Waals surface area contributed by atoms with E-state index in [0.717, 1.165) is 41.4 Å². The van der Waals surface area contributed by atoms with Crippen LogP contribution in [0.3, 0.4) is 0 Å². The summed E-state index contributed by atoms with van der Waals surface area (Å²) in [4.78, 5) is 30.8. The lowest BCUT2D eigenvalue weighted by Crippen LogP contribution is -2.35. The Hall–Kier alpha value is -3.12. The van der Waals surface area contributed by atoms with Gasteiger partial charge in [0.25, 0.3) is 11.8 Å². The minimum absolute atomic E-state index is 0.000947. The number of fused-ring (bicyclic) bond motifs is 1. The van der Waals surface area contributed by atoms with Crippen LogP contribution in [0.5, 0.6) is 5.75 Å². The minimum Gasteiger partial charge on any atom is -0.497 e. The third kappa shape index (κ3) is 5.68. The molecule has 0 spiro atoms. The zero-order chi connectivity index (χ0) is 23.9. The van der Waals surface area contributed by atoms with E-state index in [1.54, 1.807) is 13.2 Å². The van der Waals surface area contributed by atoms with E-state index in [1.165, 1.54) is 0 Å². The van der Waals surface area contributed by atoms with Crippen LogP contribution in [-0.4, -0.2) is 36.9 Å². The van der Waals surface area contributed by atoms with Crippen LogP contribution in [0.1, 0.15) is 52.0 Å². The maximum atomic E-state index is 13.6. The summed E-state index contributed by atoms with van der Waals surface area (Å²) in [6.07, 6.45) is 3.86. The van der Waals surface area contributed by atoms with Crippen molar-refractivity contribution in [1.29, 1.82) is 0 Å². The monoisotopic (exact) mass is 520 g/mol. The number of para-hydroxylation sites is 1. The molecule has 1 aliphatic rings. The van der Waals surface area contributed by atoms with E-state index in [9.17, 15) is 9.59 Å². The molecule has 3 aromatic rings. The highest BCUT2D eigenvalue weighted by Crippen LogP contribution is 2.27. The van der Waals surface area contributed by atoms with Gasteiger partial charge in [0.05, 0.1) is 7.11 Å². The van der Waals surface area contributed by atoms with E-state index >= 15 is 0 Å². The van der Waals surface area contributed by atoms with Crippen LogP contribution in [0.25, 0.3) is 0 Å². The van der Waals surface area contributed by atoms with Gasteiger partial charge in [-0.25, -0.2) is 0 Å². The second kappa shape index (κ2) is 11.3. The van der Waals surface area contributed by atoms with Gasteiger partial charge in [-0.15, -0.1) is 0 Å². The number of nitrogens with zero attached hydrogens (tertiary/aromatic N) is 2. The molecule has 0 unspecified atom stereocenters. The fourth-order valence-electron chi connectivity index (χ4n) is 4.34. The first-order valence-corrected chi connectivity index (χ1v) is 12.4. The second-order valence-electron chi connectivity index (χ2n) is 8.47. The quantitative estimate of drug-likeness (QED) is 0.405. The van der Waals surface area contributed by atoms with E-state index in [1.807, 2.05) is 76.5 Å². The zero-order valence-electron chi connectivity index (χ0n) is 19.4. The van der Waals surface area contributed by atoms with Crippen LogP contribution < -0.4 is 9.64 Å². The Bertz CT molecular complexity index is 1160. The van der Waals surface area contributed by atoms with Gasteiger partial charge in [-0.05, 0) is 60.9 Å². The normalized spacial score (nSPS) is 14.6. The molecule has 6 heteroatoms. The molecule has 0 atom stereocenters. The van der Waals surface area contributed by atoms with Crippen LogP contribution in [0, 0.1) is 0 Å². The minimum atomic E-state index is -0.0598. The molecular weight excluding hydrogens is 492 g/mol. The predicted molar refractivity (Wildman–Crippen MR) is 138 cm³/mol. The van der Waals surface area contributed by atoms with Crippen molar-refractivity contribution >= 4 is 33.4 Å². The highest BCUT2D eigenvalue weighted by atomic mass is 79.9. The molecule has 0 N–H and O–H groups in total. The summed E-state index contributed by atoms with van der Waals surface area (Å²) in [6.45, 7) is 1.76. The van der Waals surface area contributed by atoms with Crippen molar-refractivity contribution in [2.45, 2.75) is 32.2 Å². The van der Waals surface area contributed by atoms with Crippen molar-refractivity contribution in [1.82, 2.24) is 4.90 Å². The maximum absolute atomic E-state index is 13.6. The summed E-state index contributed by atoms with van der Waals surface area (Å²) >= 11 is 3.47. The molecule has 34 heavy (non-hydrogen) atoms. The standard InChI is InChI=1S/C28H29BrN2O3/c1-34-25-14-9-12-22(19-25)28(33)31-17-7-3-2-6-16-30(20-23-10-4-5-15-26(23)31)27(32)21-11-8-13-24(29)18-21/h4-5,8-15,18-19H,2-3,6-7,16-17,20H2,1H3. The predicted octanol–water partition coefficient (Wildman–Crippen LogP) is 6.32. The van der Waals surface area contributed by atoms with Crippen LogP contribution in [-0.2, 0) is 6.54 Å². The van der Waals surface area contributed by atoms with Crippen LogP contribution in [0.4, 0.5) is 5.69 Å². The second-order valence-corrected chi connectivity index (χ2v) is 9.38. The zero-order valence-corrected chi connectivity index (χ0v) is 21.0. The van der Waals surface area contributed by atoms with Gasteiger partial charge in [0.2, 0.25) is 0 Å². The van der Waals surface area contributed by atoms with Crippen LogP contribution in [0.15, 0.2) is 77.3 Å². The van der Waals surface area contributed by atoms with Crippen molar-refractivity contribution in [2.24, 2.45) is 0 Å². The van der Waals surface area contributed by atoms with Gasteiger partial charge in [0.15, 0.2) is 0 Å². The van der Waals surface area contributed by atoms with Crippen molar-refractivity contribution < 1.29 is 14.3 Å². The molecule has 0 bridgehead atoms. The van der Waals surface area contributed by atoms with Gasteiger partial charge in [-0.2, -0.15) is 0 Å². The fourth-order valence-corrected chi connectivity index (χ4v) is 4.74. The summed E-state index contributed by atoms with van der Waals surface area (Å²) < 4.78 is 6.21. The maximum Gasteiger partial charge on any atom is 0.258 e. The number of benzene rings is 3. The molecule has 3 aromatic carbocycles. The molecule has 1 aliphatic heterocycles. The fraction of sp³-hybridized carbons (Fsp3) is 0.286. The molecule has 5 nitrogen and oxygen atoms in total. The Morgan fingerprint density at radius 3 is 2.26 bits per heavy atom. The number of carbonyl (C=O) groups is 2. The summed E-state index contributed by atoms with van der Waals surface area (Å²) in [6, 6.07) is 22.7. The van der Waals surface area contributed by atoms with Crippen molar-refractivity contribution in [3.63, 3.8) is 0 Å². The number of hydrogen-bond donors (Lipinski definition) is 0. The first-order valence-electron chi connectivity index (χ1n) is 11.7. The number of anilines is 1. The molecule has 176 valence electrons. The highest BCUT2D eigenvalue weighted by molar-refractivity contribution is 9.10. The molecule has 0 radical (unpaired) electrons. The molecule has 0 aromatic heterocycles. The number of hydrogen-bond acceptors (Lipinski definition) is 3. The van der Waals surface area contributed by atoms with Crippen molar-refractivity contribution in [3.8, 4) is 5.75 Å². The Morgan fingerprint density at radius 1 is 0.794 bits per heavy atom. The number of carbonyl (C=O) groups excluding carboxylic acids is 2. The topological polar surface area (TPSA) is 49.9 Å². The van der Waals surface area contributed by atoms with E-state index in [-0.39, 0.29) is 11.8 Å². The Balaban J connectivity index is 1.69. The largest absolute Gasteiger partial charge is 0.497 e.